The van der Waals surface area contributed by atoms with Crippen molar-refractivity contribution in [3.63, 3.8) is 0 Å². The first-order valence-corrected chi connectivity index (χ1v) is 8.56. The van der Waals surface area contributed by atoms with Gasteiger partial charge in [-0.1, -0.05) is 0 Å². The van der Waals surface area contributed by atoms with Crippen molar-refractivity contribution in [2.24, 2.45) is 0 Å². The smallest absolute Gasteiger partial charge is 0.408 e. The second kappa shape index (κ2) is 7.65. The van der Waals surface area contributed by atoms with Crippen molar-refractivity contribution in [1.82, 2.24) is 5.32 Å². The SMILES string of the molecule is CC(C)(C)OC(=O)NC(CSc1cc2occc2cc1[N+](=O)[O-])C(=O)O. The van der Waals surface area contributed by atoms with E-state index < -0.39 is 28.6 Å². The molecule has 0 spiro atoms. The van der Waals surface area contributed by atoms with E-state index in [-0.39, 0.29) is 16.3 Å². The number of fused-ring (bicyclic) bond motifs is 1. The topological polar surface area (TPSA) is 132 Å². The summed E-state index contributed by atoms with van der Waals surface area (Å²) in [6.07, 6.45) is 0.536. The Morgan fingerprint density at radius 3 is 2.69 bits per heavy atom. The lowest BCUT2D eigenvalue weighted by Gasteiger charge is -2.21. The van der Waals surface area contributed by atoms with Gasteiger partial charge in [0.25, 0.3) is 5.69 Å². The number of rotatable bonds is 6. The van der Waals surface area contributed by atoms with Gasteiger partial charge in [-0.15, -0.1) is 11.8 Å². The molecule has 0 aliphatic rings. The van der Waals surface area contributed by atoms with Crippen LogP contribution in [0, 0.1) is 10.1 Å². The molecule has 9 nitrogen and oxygen atoms in total. The van der Waals surface area contributed by atoms with Crippen LogP contribution in [-0.2, 0) is 9.53 Å². The van der Waals surface area contributed by atoms with Crippen molar-refractivity contribution in [3.8, 4) is 0 Å². The van der Waals surface area contributed by atoms with Crippen molar-refractivity contribution in [1.29, 1.82) is 0 Å². The predicted octanol–water partition coefficient (Wildman–Crippen LogP) is 3.41. The van der Waals surface area contributed by atoms with Gasteiger partial charge in [-0.25, -0.2) is 9.59 Å². The van der Waals surface area contributed by atoms with Crippen LogP contribution >= 0.6 is 11.8 Å². The third kappa shape index (κ3) is 5.12. The van der Waals surface area contributed by atoms with Crippen molar-refractivity contribution in [2.75, 3.05) is 5.75 Å². The normalized spacial score (nSPS) is 12.6. The average molecular weight is 382 g/mol. The number of ether oxygens (including phenoxy) is 1. The quantitative estimate of drug-likeness (QED) is 0.441. The molecule has 2 rings (SSSR count). The molecule has 1 aromatic heterocycles. The largest absolute Gasteiger partial charge is 0.480 e. The maximum Gasteiger partial charge on any atom is 0.408 e. The van der Waals surface area contributed by atoms with E-state index in [1.165, 1.54) is 18.4 Å². The summed E-state index contributed by atoms with van der Waals surface area (Å²) in [5.41, 5.74) is -0.487. The van der Waals surface area contributed by atoms with Crippen LogP contribution in [0.2, 0.25) is 0 Å². The fraction of sp³-hybridized carbons (Fsp3) is 0.375. The minimum absolute atomic E-state index is 0.123. The minimum atomic E-state index is -1.28. The van der Waals surface area contributed by atoms with Gasteiger partial charge in [0, 0.05) is 23.3 Å². The van der Waals surface area contributed by atoms with E-state index >= 15 is 0 Å². The second-order valence-corrected chi connectivity index (χ2v) is 7.45. The Morgan fingerprint density at radius 2 is 2.12 bits per heavy atom. The number of amides is 1. The van der Waals surface area contributed by atoms with Crippen molar-refractivity contribution in [2.45, 2.75) is 37.3 Å². The lowest BCUT2D eigenvalue weighted by atomic mass is 10.2. The van der Waals surface area contributed by atoms with Crippen molar-refractivity contribution < 1.29 is 28.8 Å². The predicted molar refractivity (Wildman–Crippen MR) is 94.4 cm³/mol. The molecule has 26 heavy (non-hydrogen) atoms. The third-order valence-corrected chi connectivity index (χ3v) is 4.26. The zero-order valence-corrected chi connectivity index (χ0v) is 15.2. The standard InChI is InChI=1S/C16H18N2O7S/c1-16(2,3)25-15(21)17-10(14(19)20)8-26-13-7-12-9(4-5-24-12)6-11(13)18(22)23/h4-7,10H,8H2,1-3H3,(H,17,21)(H,19,20). The van der Waals surface area contributed by atoms with Crippen LogP contribution in [0.4, 0.5) is 10.5 Å². The number of nitro groups is 1. The summed E-state index contributed by atoms with van der Waals surface area (Å²) < 4.78 is 10.3. The molecule has 0 aliphatic heterocycles. The zero-order valence-electron chi connectivity index (χ0n) is 14.3. The molecule has 0 bridgehead atoms. The van der Waals surface area contributed by atoms with Gasteiger partial charge in [-0.2, -0.15) is 0 Å². The number of benzene rings is 1. The molecule has 1 unspecified atom stereocenters. The fourth-order valence-corrected chi connectivity index (χ4v) is 3.08. The molecule has 0 saturated heterocycles. The lowest BCUT2D eigenvalue weighted by molar-refractivity contribution is -0.387. The van der Waals surface area contributed by atoms with Gasteiger partial charge in [-0.05, 0) is 26.8 Å². The lowest BCUT2D eigenvalue weighted by Crippen LogP contribution is -2.44. The van der Waals surface area contributed by atoms with Gasteiger partial charge in [0.1, 0.15) is 17.2 Å². The van der Waals surface area contributed by atoms with Crippen LogP contribution in [0.1, 0.15) is 20.8 Å². The van der Waals surface area contributed by atoms with E-state index in [0.717, 1.165) is 11.8 Å². The molecule has 140 valence electrons. The second-order valence-electron chi connectivity index (χ2n) is 6.38. The molecule has 1 atom stereocenters. The Morgan fingerprint density at radius 1 is 1.42 bits per heavy atom. The summed E-state index contributed by atoms with van der Waals surface area (Å²) in [6, 6.07) is 3.16. The highest BCUT2D eigenvalue weighted by Crippen LogP contribution is 2.34. The molecular formula is C16H18N2O7S. The van der Waals surface area contributed by atoms with Crippen LogP contribution in [0.15, 0.2) is 33.8 Å². The summed E-state index contributed by atoms with van der Waals surface area (Å²) in [6.45, 7) is 4.96. The molecule has 2 N–H and O–H groups in total. The molecular weight excluding hydrogens is 364 g/mol. The minimum Gasteiger partial charge on any atom is -0.480 e. The molecule has 0 aliphatic carbocycles. The number of furan rings is 1. The van der Waals surface area contributed by atoms with Gasteiger partial charge >= 0.3 is 12.1 Å². The molecule has 0 fully saturated rings. The fourth-order valence-electron chi connectivity index (χ4n) is 2.03. The van der Waals surface area contributed by atoms with Gasteiger partial charge in [0.2, 0.25) is 0 Å². The zero-order chi connectivity index (χ0) is 19.5. The number of hydrogen-bond acceptors (Lipinski definition) is 7. The van der Waals surface area contributed by atoms with Crippen LogP contribution < -0.4 is 5.32 Å². The maximum atomic E-state index is 11.8. The molecule has 0 saturated carbocycles. The molecule has 2 aromatic rings. The Hall–Kier alpha value is -2.75. The maximum absolute atomic E-state index is 11.8. The van der Waals surface area contributed by atoms with Crippen molar-refractivity contribution in [3.05, 3.63) is 34.6 Å². The summed E-state index contributed by atoms with van der Waals surface area (Å²) in [7, 11) is 0. The Kier molecular flexibility index (Phi) is 5.76. The summed E-state index contributed by atoms with van der Waals surface area (Å²) >= 11 is 0.937. The van der Waals surface area contributed by atoms with Crippen LogP contribution in [-0.4, -0.2) is 39.5 Å². The Labute approximate surface area is 152 Å². The number of carbonyl (C=O) groups excluding carboxylic acids is 1. The highest BCUT2D eigenvalue weighted by atomic mass is 32.2. The van der Waals surface area contributed by atoms with Crippen LogP contribution in [0.5, 0.6) is 0 Å². The van der Waals surface area contributed by atoms with Gasteiger partial charge in [0.05, 0.1) is 16.1 Å². The number of carbonyl (C=O) groups is 2. The van der Waals surface area contributed by atoms with Gasteiger partial charge < -0.3 is 19.6 Å². The highest BCUT2D eigenvalue weighted by Gasteiger charge is 2.26. The van der Waals surface area contributed by atoms with E-state index in [1.807, 2.05) is 0 Å². The number of alkyl carbamates (subject to hydrolysis) is 1. The molecule has 1 heterocycles. The number of aliphatic carboxylic acids is 1. The summed E-state index contributed by atoms with van der Waals surface area (Å²) in [5.74, 6) is -1.40. The van der Waals surface area contributed by atoms with E-state index in [2.05, 4.69) is 5.32 Å². The van der Waals surface area contributed by atoms with E-state index in [1.54, 1.807) is 26.8 Å². The number of carboxylic acids is 1. The first-order chi connectivity index (χ1) is 12.1. The monoisotopic (exact) mass is 382 g/mol. The summed E-state index contributed by atoms with van der Waals surface area (Å²) in [5, 5.41) is 23.4. The van der Waals surface area contributed by atoms with Gasteiger partial charge in [0.15, 0.2) is 0 Å². The van der Waals surface area contributed by atoms with Crippen LogP contribution in [0.3, 0.4) is 0 Å². The number of thioether (sulfide) groups is 1. The van der Waals surface area contributed by atoms with Crippen molar-refractivity contribution >= 4 is 40.5 Å². The average Bonchev–Trinajstić information content (AvgIpc) is 2.95. The number of nitro benzene ring substituents is 1. The molecule has 1 aromatic carbocycles. The van der Waals surface area contributed by atoms with E-state index in [4.69, 9.17) is 9.15 Å². The number of hydrogen-bond donors (Lipinski definition) is 2. The number of carboxylic acid groups (broad SMARTS) is 1. The molecule has 1 amide bonds. The van der Waals surface area contributed by atoms with E-state index in [0.29, 0.717) is 11.0 Å². The molecule has 10 heteroatoms. The van der Waals surface area contributed by atoms with Gasteiger partial charge in [-0.3, -0.25) is 10.1 Å². The number of nitrogens with one attached hydrogen (secondary N) is 1. The summed E-state index contributed by atoms with van der Waals surface area (Å²) in [4.78, 5) is 34.1. The first-order valence-electron chi connectivity index (χ1n) is 7.57. The van der Waals surface area contributed by atoms with E-state index in [9.17, 15) is 24.8 Å². The Balaban J connectivity index is 2.14. The first kappa shape index (κ1) is 19.6. The van der Waals surface area contributed by atoms with Crippen LogP contribution in [0.25, 0.3) is 11.0 Å². The highest BCUT2D eigenvalue weighted by molar-refractivity contribution is 7.99. The third-order valence-electron chi connectivity index (χ3n) is 3.13. The molecule has 0 radical (unpaired) electrons. The Bertz CT molecular complexity index is 841. The number of nitrogens with zero attached hydrogens (tertiary/aromatic N) is 1.